The zero-order valence-electron chi connectivity index (χ0n) is 9.30. The van der Waals surface area contributed by atoms with Gasteiger partial charge in [0.1, 0.15) is 11.6 Å². The van der Waals surface area contributed by atoms with E-state index in [1.54, 1.807) is 0 Å². The average Bonchev–Trinajstić information content (AvgIpc) is 2.34. The van der Waals surface area contributed by atoms with E-state index in [0.29, 0.717) is 12.3 Å². The van der Waals surface area contributed by atoms with Crippen LogP contribution in [0.2, 0.25) is 0 Å². The number of anilines is 1. The van der Waals surface area contributed by atoms with Crippen molar-refractivity contribution in [3.8, 4) is 0 Å². The highest BCUT2D eigenvalue weighted by Crippen LogP contribution is 2.14. The first-order valence-electron chi connectivity index (χ1n) is 5.15. The third-order valence-electron chi connectivity index (χ3n) is 1.98. The summed E-state index contributed by atoms with van der Waals surface area (Å²) in [6, 6.07) is 2.56. The Bertz CT molecular complexity index is 455. The van der Waals surface area contributed by atoms with Gasteiger partial charge in [-0.25, -0.2) is 8.78 Å². The van der Waals surface area contributed by atoms with Gasteiger partial charge in [-0.2, -0.15) is 0 Å². The van der Waals surface area contributed by atoms with Gasteiger partial charge in [-0.05, 0) is 18.6 Å². The average molecular weight is 277 g/mol. The Balaban J connectivity index is 2.58. The summed E-state index contributed by atoms with van der Waals surface area (Å²) in [6.07, 6.45) is 0.509. The highest BCUT2D eigenvalue weighted by Gasteiger charge is 2.15. The van der Waals surface area contributed by atoms with Crippen molar-refractivity contribution in [3.05, 3.63) is 29.8 Å². The number of nitrogens with one attached hydrogen (secondary N) is 2. The zero-order chi connectivity index (χ0) is 13.5. The summed E-state index contributed by atoms with van der Waals surface area (Å²) in [4.78, 5) is 22.6. The molecular formula is C11H11ClF2N2O2. The molecule has 0 heterocycles. The third-order valence-corrected chi connectivity index (χ3v) is 2.25. The monoisotopic (exact) mass is 276 g/mol. The lowest BCUT2D eigenvalue weighted by Crippen LogP contribution is -2.36. The van der Waals surface area contributed by atoms with E-state index in [2.05, 4.69) is 5.32 Å². The van der Waals surface area contributed by atoms with E-state index in [0.717, 1.165) is 18.2 Å². The molecule has 1 rings (SSSR count). The fraction of sp³-hybridized carbons (Fsp3) is 0.273. The largest absolute Gasteiger partial charge is 0.348 e. The van der Waals surface area contributed by atoms with Gasteiger partial charge in [0, 0.05) is 18.5 Å². The summed E-state index contributed by atoms with van der Waals surface area (Å²) in [7, 11) is 0. The van der Waals surface area contributed by atoms with Crippen molar-refractivity contribution in [2.75, 3.05) is 17.7 Å². The minimum atomic E-state index is -1.06. The second kappa shape index (κ2) is 6.90. The molecule has 0 atom stereocenters. The lowest BCUT2D eigenvalue weighted by Gasteiger charge is -2.06. The molecular weight excluding hydrogens is 266 g/mol. The van der Waals surface area contributed by atoms with Crippen LogP contribution in [0.4, 0.5) is 14.5 Å². The second-order valence-electron chi connectivity index (χ2n) is 3.38. The van der Waals surface area contributed by atoms with Crippen molar-refractivity contribution in [1.29, 1.82) is 0 Å². The molecule has 0 aliphatic rings. The molecule has 98 valence electrons. The summed E-state index contributed by atoms with van der Waals surface area (Å²) in [5.41, 5.74) is -0.382. The lowest BCUT2D eigenvalue weighted by molar-refractivity contribution is -0.136. The topological polar surface area (TPSA) is 58.2 Å². The van der Waals surface area contributed by atoms with Gasteiger partial charge in [0.25, 0.3) is 0 Å². The predicted molar refractivity (Wildman–Crippen MR) is 63.3 cm³/mol. The normalized spacial score (nSPS) is 9.94. The molecule has 0 unspecified atom stereocenters. The van der Waals surface area contributed by atoms with Crippen molar-refractivity contribution in [2.45, 2.75) is 6.42 Å². The molecule has 0 spiro atoms. The fourth-order valence-corrected chi connectivity index (χ4v) is 1.26. The van der Waals surface area contributed by atoms with Gasteiger partial charge in [-0.1, -0.05) is 0 Å². The second-order valence-corrected chi connectivity index (χ2v) is 3.75. The first-order chi connectivity index (χ1) is 8.54. The first-order valence-corrected chi connectivity index (χ1v) is 5.68. The molecule has 0 radical (unpaired) electrons. The van der Waals surface area contributed by atoms with Crippen molar-refractivity contribution >= 4 is 29.1 Å². The number of hydrogen-bond acceptors (Lipinski definition) is 2. The zero-order valence-corrected chi connectivity index (χ0v) is 10.1. The van der Waals surface area contributed by atoms with E-state index in [1.807, 2.05) is 5.32 Å². The van der Waals surface area contributed by atoms with Crippen LogP contribution in [0.1, 0.15) is 6.42 Å². The predicted octanol–water partition coefficient (Wildman–Crippen LogP) is 1.65. The molecule has 0 bridgehead atoms. The van der Waals surface area contributed by atoms with Gasteiger partial charge in [0.2, 0.25) is 0 Å². The number of benzene rings is 1. The van der Waals surface area contributed by atoms with Gasteiger partial charge in [0.05, 0.1) is 5.69 Å². The number of carbonyl (C=O) groups excluding carboxylic acids is 2. The SMILES string of the molecule is O=C(NCCCCl)C(=O)Nc1cc(F)ccc1F. The molecule has 0 saturated carbocycles. The number of carbonyl (C=O) groups is 2. The van der Waals surface area contributed by atoms with Crippen LogP contribution in [0.3, 0.4) is 0 Å². The first kappa shape index (κ1) is 14.4. The van der Waals surface area contributed by atoms with E-state index in [1.165, 1.54) is 0 Å². The van der Waals surface area contributed by atoms with Crippen LogP contribution in [-0.4, -0.2) is 24.2 Å². The van der Waals surface area contributed by atoms with Gasteiger partial charge in [0.15, 0.2) is 0 Å². The van der Waals surface area contributed by atoms with Crippen LogP contribution in [0, 0.1) is 11.6 Å². The van der Waals surface area contributed by atoms with Gasteiger partial charge >= 0.3 is 11.8 Å². The quantitative estimate of drug-likeness (QED) is 0.499. The molecule has 0 saturated heterocycles. The number of rotatable bonds is 4. The number of alkyl halides is 1. The van der Waals surface area contributed by atoms with Crippen molar-refractivity contribution in [2.24, 2.45) is 0 Å². The summed E-state index contributed by atoms with van der Waals surface area (Å²) in [5, 5.41) is 4.26. The Morgan fingerprint density at radius 1 is 1.22 bits per heavy atom. The van der Waals surface area contributed by atoms with E-state index in [9.17, 15) is 18.4 Å². The molecule has 0 fully saturated rings. The molecule has 1 aromatic carbocycles. The molecule has 4 nitrogen and oxygen atoms in total. The van der Waals surface area contributed by atoms with Crippen molar-refractivity contribution < 1.29 is 18.4 Å². The van der Waals surface area contributed by atoms with E-state index in [-0.39, 0.29) is 12.2 Å². The Morgan fingerprint density at radius 3 is 2.61 bits per heavy atom. The highest BCUT2D eigenvalue weighted by molar-refractivity contribution is 6.39. The number of amides is 2. The van der Waals surface area contributed by atoms with Gasteiger partial charge in [-0.3, -0.25) is 9.59 Å². The summed E-state index contributed by atoms with van der Waals surface area (Å²) >= 11 is 5.39. The summed E-state index contributed by atoms with van der Waals surface area (Å²) in [5.74, 6) is -3.18. The van der Waals surface area contributed by atoms with Crippen molar-refractivity contribution in [1.82, 2.24) is 5.32 Å². The van der Waals surface area contributed by atoms with Crippen LogP contribution in [-0.2, 0) is 9.59 Å². The summed E-state index contributed by atoms with van der Waals surface area (Å²) in [6.45, 7) is 0.237. The van der Waals surface area contributed by atoms with E-state index < -0.39 is 23.4 Å². The van der Waals surface area contributed by atoms with Crippen LogP contribution in [0.15, 0.2) is 18.2 Å². The summed E-state index contributed by atoms with van der Waals surface area (Å²) < 4.78 is 26.0. The van der Waals surface area contributed by atoms with E-state index in [4.69, 9.17) is 11.6 Å². The van der Waals surface area contributed by atoms with Crippen LogP contribution < -0.4 is 10.6 Å². The standard InChI is InChI=1S/C11H11ClF2N2O2/c12-4-1-5-15-10(17)11(18)16-9-6-7(13)2-3-8(9)14/h2-3,6H,1,4-5H2,(H,15,17)(H,16,18). The molecule has 0 aliphatic carbocycles. The maximum Gasteiger partial charge on any atom is 0.313 e. The van der Waals surface area contributed by atoms with Crippen molar-refractivity contribution in [3.63, 3.8) is 0 Å². The lowest BCUT2D eigenvalue weighted by atomic mass is 10.3. The Hall–Kier alpha value is -1.69. The van der Waals surface area contributed by atoms with Crippen LogP contribution in [0.5, 0.6) is 0 Å². The Morgan fingerprint density at radius 2 is 1.94 bits per heavy atom. The highest BCUT2D eigenvalue weighted by atomic mass is 35.5. The smallest absolute Gasteiger partial charge is 0.313 e. The molecule has 0 aliphatic heterocycles. The number of hydrogen-bond donors (Lipinski definition) is 2. The molecule has 0 aromatic heterocycles. The third kappa shape index (κ3) is 4.29. The minimum absolute atomic E-state index is 0.237. The maximum atomic E-state index is 13.2. The number of halogens is 3. The molecule has 18 heavy (non-hydrogen) atoms. The Labute approximate surface area is 107 Å². The van der Waals surface area contributed by atoms with Gasteiger partial charge in [-0.15, -0.1) is 11.6 Å². The maximum absolute atomic E-state index is 13.2. The molecule has 1 aromatic rings. The minimum Gasteiger partial charge on any atom is -0.348 e. The Kier molecular flexibility index (Phi) is 5.51. The van der Waals surface area contributed by atoms with Gasteiger partial charge < -0.3 is 10.6 Å². The van der Waals surface area contributed by atoms with Crippen LogP contribution in [0.25, 0.3) is 0 Å². The molecule has 2 amide bonds. The van der Waals surface area contributed by atoms with Crippen LogP contribution >= 0.6 is 11.6 Å². The molecule has 2 N–H and O–H groups in total. The van der Waals surface area contributed by atoms with E-state index >= 15 is 0 Å². The fourth-order valence-electron chi connectivity index (χ4n) is 1.12. The molecule has 7 heteroatoms.